The Morgan fingerprint density at radius 3 is 2.44 bits per heavy atom. The Labute approximate surface area is 97.8 Å². The number of ether oxygens (including phenoxy) is 2. The summed E-state index contributed by atoms with van der Waals surface area (Å²) in [5.41, 5.74) is 1.32. The summed E-state index contributed by atoms with van der Waals surface area (Å²) >= 11 is 0. The average Bonchev–Trinajstić information content (AvgIpc) is 2.30. The standard InChI is InChI=1S/C13H21NO2/c1-11(14-8-9-15-2)10-12-4-6-13(16-3)7-5-12/h4-7,11,14H,8-10H2,1-3H3. The molecule has 0 bridgehead atoms. The predicted molar refractivity (Wildman–Crippen MR) is 66.0 cm³/mol. The summed E-state index contributed by atoms with van der Waals surface area (Å²) in [6.45, 7) is 3.83. The lowest BCUT2D eigenvalue weighted by Gasteiger charge is -2.13. The first kappa shape index (κ1) is 13.0. The molecule has 1 atom stereocenters. The van der Waals surface area contributed by atoms with Crippen LogP contribution < -0.4 is 10.1 Å². The van der Waals surface area contributed by atoms with E-state index in [0.717, 1.165) is 25.3 Å². The predicted octanol–water partition coefficient (Wildman–Crippen LogP) is 1.86. The van der Waals surface area contributed by atoms with Crippen LogP contribution in [0.25, 0.3) is 0 Å². The van der Waals surface area contributed by atoms with Crippen LogP contribution in [-0.2, 0) is 11.2 Å². The lowest BCUT2D eigenvalue weighted by Crippen LogP contribution is -2.30. The van der Waals surface area contributed by atoms with Gasteiger partial charge >= 0.3 is 0 Å². The van der Waals surface area contributed by atoms with E-state index in [0.29, 0.717) is 6.04 Å². The van der Waals surface area contributed by atoms with Crippen LogP contribution in [-0.4, -0.2) is 33.4 Å². The number of hydrogen-bond acceptors (Lipinski definition) is 3. The molecule has 0 heterocycles. The molecule has 0 spiro atoms. The van der Waals surface area contributed by atoms with Gasteiger partial charge in [-0.15, -0.1) is 0 Å². The van der Waals surface area contributed by atoms with Gasteiger partial charge in [0, 0.05) is 19.7 Å². The Balaban J connectivity index is 2.34. The van der Waals surface area contributed by atoms with Gasteiger partial charge in [0.2, 0.25) is 0 Å². The molecular weight excluding hydrogens is 202 g/mol. The van der Waals surface area contributed by atoms with Gasteiger partial charge in [0.25, 0.3) is 0 Å². The molecule has 3 nitrogen and oxygen atoms in total. The smallest absolute Gasteiger partial charge is 0.118 e. The van der Waals surface area contributed by atoms with Crippen molar-refractivity contribution in [3.63, 3.8) is 0 Å². The largest absolute Gasteiger partial charge is 0.497 e. The van der Waals surface area contributed by atoms with Gasteiger partial charge in [-0.05, 0) is 31.0 Å². The monoisotopic (exact) mass is 223 g/mol. The van der Waals surface area contributed by atoms with Crippen LogP contribution in [0.15, 0.2) is 24.3 Å². The lowest BCUT2D eigenvalue weighted by molar-refractivity contribution is 0.196. The van der Waals surface area contributed by atoms with Crippen molar-refractivity contribution < 1.29 is 9.47 Å². The highest BCUT2D eigenvalue weighted by Gasteiger charge is 2.02. The number of methoxy groups -OCH3 is 2. The molecule has 0 aromatic heterocycles. The summed E-state index contributed by atoms with van der Waals surface area (Å²) in [4.78, 5) is 0. The molecule has 1 aromatic rings. The Morgan fingerprint density at radius 2 is 1.88 bits per heavy atom. The van der Waals surface area contributed by atoms with E-state index in [1.807, 2.05) is 12.1 Å². The summed E-state index contributed by atoms with van der Waals surface area (Å²) in [7, 11) is 3.40. The van der Waals surface area contributed by atoms with Crippen LogP contribution in [0.5, 0.6) is 5.75 Å². The molecule has 1 unspecified atom stereocenters. The third-order valence-electron chi connectivity index (χ3n) is 2.50. The number of benzene rings is 1. The SMILES string of the molecule is COCCNC(C)Cc1ccc(OC)cc1. The average molecular weight is 223 g/mol. The van der Waals surface area contributed by atoms with Gasteiger partial charge in [-0.2, -0.15) is 0 Å². The molecule has 1 N–H and O–H groups in total. The Morgan fingerprint density at radius 1 is 1.19 bits per heavy atom. The van der Waals surface area contributed by atoms with Gasteiger partial charge < -0.3 is 14.8 Å². The van der Waals surface area contributed by atoms with Crippen molar-refractivity contribution in [2.75, 3.05) is 27.4 Å². The molecule has 0 aliphatic carbocycles. The molecular formula is C13H21NO2. The van der Waals surface area contributed by atoms with Crippen LogP contribution >= 0.6 is 0 Å². The minimum Gasteiger partial charge on any atom is -0.497 e. The molecule has 3 heteroatoms. The number of rotatable bonds is 7. The van der Waals surface area contributed by atoms with Crippen molar-refractivity contribution in [1.29, 1.82) is 0 Å². The van der Waals surface area contributed by atoms with Crippen LogP contribution in [0.1, 0.15) is 12.5 Å². The fourth-order valence-electron chi connectivity index (χ4n) is 1.59. The Bertz CT molecular complexity index is 284. The zero-order valence-electron chi connectivity index (χ0n) is 10.3. The van der Waals surface area contributed by atoms with Crippen molar-refractivity contribution in [3.8, 4) is 5.75 Å². The molecule has 1 rings (SSSR count). The number of hydrogen-bond donors (Lipinski definition) is 1. The molecule has 90 valence electrons. The van der Waals surface area contributed by atoms with E-state index in [1.165, 1.54) is 5.56 Å². The van der Waals surface area contributed by atoms with Gasteiger partial charge in [-0.3, -0.25) is 0 Å². The molecule has 0 saturated heterocycles. The van der Waals surface area contributed by atoms with E-state index in [-0.39, 0.29) is 0 Å². The minimum atomic E-state index is 0.462. The molecule has 0 radical (unpaired) electrons. The number of nitrogens with one attached hydrogen (secondary N) is 1. The Hall–Kier alpha value is -1.06. The molecule has 0 amide bonds. The van der Waals surface area contributed by atoms with Crippen molar-refractivity contribution in [3.05, 3.63) is 29.8 Å². The zero-order valence-corrected chi connectivity index (χ0v) is 10.3. The van der Waals surface area contributed by atoms with Crippen molar-refractivity contribution in [2.45, 2.75) is 19.4 Å². The van der Waals surface area contributed by atoms with Gasteiger partial charge in [0.05, 0.1) is 13.7 Å². The summed E-state index contributed by atoms with van der Waals surface area (Å²) < 4.78 is 10.1. The fourth-order valence-corrected chi connectivity index (χ4v) is 1.59. The van der Waals surface area contributed by atoms with Crippen LogP contribution in [0, 0.1) is 0 Å². The fraction of sp³-hybridized carbons (Fsp3) is 0.538. The highest BCUT2D eigenvalue weighted by atomic mass is 16.5. The second-order valence-electron chi connectivity index (χ2n) is 3.90. The summed E-state index contributed by atoms with van der Waals surface area (Å²) in [5.74, 6) is 0.906. The third kappa shape index (κ3) is 4.64. The normalized spacial score (nSPS) is 12.4. The van der Waals surface area contributed by atoms with Crippen molar-refractivity contribution in [2.24, 2.45) is 0 Å². The summed E-state index contributed by atoms with van der Waals surface area (Å²) in [6, 6.07) is 8.67. The Kier molecular flexibility index (Phi) is 5.90. The van der Waals surface area contributed by atoms with E-state index in [2.05, 4.69) is 24.4 Å². The molecule has 0 fully saturated rings. The third-order valence-corrected chi connectivity index (χ3v) is 2.50. The van der Waals surface area contributed by atoms with E-state index in [1.54, 1.807) is 14.2 Å². The van der Waals surface area contributed by atoms with Crippen LogP contribution in [0.3, 0.4) is 0 Å². The maximum Gasteiger partial charge on any atom is 0.118 e. The van der Waals surface area contributed by atoms with E-state index in [4.69, 9.17) is 9.47 Å². The molecule has 1 aromatic carbocycles. The second kappa shape index (κ2) is 7.25. The highest BCUT2D eigenvalue weighted by Crippen LogP contribution is 2.12. The summed E-state index contributed by atoms with van der Waals surface area (Å²) in [6.07, 6.45) is 1.02. The second-order valence-corrected chi connectivity index (χ2v) is 3.90. The summed E-state index contributed by atoms with van der Waals surface area (Å²) in [5, 5.41) is 3.40. The zero-order chi connectivity index (χ0) is 11.8. The van der Waals surface area contributed by atoms with Crippen LogP contribution in [0.2, 0.25) is 0 Å². The van der Waals surface area contributed by atoms with E-state index in [9.17, 15) is 0 Å². The van der Waals surface area contributed by atoms with Crippen molar-refractivity contribution >= 4 is 0 Å². The first-order valence-electron chi connectivity index (χ1n) is 5.61. The molecule has 16 heavy (non-hydrogen) atoms. The van der Waals surface area contributed by atoms with Crippen LogP contribution in [0.4, 0.5) is 0 Å². The van der Waals surface area contributed by atoms with E-state index >= 15 is 0 Å². The topological polar surface area (TPSA) is 30.5 Å². The molecule has 0 aliphatic heterocycles. The van der Waals surface area contributed by atoms with Gasteiger partial charge in [-0.25, -0.2) is 0 Å². The first-order chi connectivity index (χ1) is 7.76. The van der Waals surface area contributed by atoms with Crippen molar-refractivity contribution in [1.82, 2.24) is 5.32 Å². The quantitative estimate of drug-likeness (QED) is 0.716. The van der Waals surface area contributed by atoms with Gasteiger partial charge in [0.15, 0.2) is 0 Å². The molecule has 0 aliphatic rings. The van der Waals surface area contributed by atoms with Gasteiger partial charge in [-0.1, -0.05) is 12.1 Å². The maximum absolute atomic E-state index is 5.12. The molecule has 0 saturated carbocycles. The van der Waals surface area contributed by atoms with E-state index < -0.39 is 0 Å². The minimum absolute atomic E-state index is 0.462. The lowest BCUT2D eigenvalue weighted by atomic mass is 10.1. The highest BCUT2D eigenvalue weighted by molar-refractivity contribution is 5.27. The maximum atomic E-state index is 5.12. The first-order valence-corrected chi connectivity index (χ1v) is 5.61. The van der Waals surface area contributed by atoms with Gasteiger partial charge in [0.1, 0.15) is 5.75 Å².